The van der Waals surface area contributed by atoms with Crippen LogP contribution in [0.5, 0.6) is 0 Å². The fraction of sp³-hybridized carbons (Fsp3) is 0.583. The Bertz CT molecular complexity index is 1530. The van der Waals surface area contributed by atoms with Gasteiger partial charge < -0.3 is 66.2 Å². The first-order valence-electron chi connectivity index (χ1n) is 17.6. The third-order valence-electron chi connectivity index (χ3n) is 9.99. The van der Waals surface area contributed by atoms with E-state index >= 15 is 0 Å². The molecule has 2 aliphatic heterocycles. The zero-order valence-electron chi connectivity index (χ0n) is 30.0. The van der Waals surface area contributed by atoms with Crippen molar-refractivity contribution in [2.75, 3.05) is 20.2 Å². The first-order chi connectivity index (χ1) is 25.3. The summed E-state index contributed by atoms with van der Waals surface area (Å²) in [4.78, 5) is 23.2. The summed E-state index contributed by atoms with van der Waals surface area (Å²) in [6.07, 6.45) is -5.72. The van der Waals surface area contributed by atoms with E-state index in [2.05, 4.69) is 21.1 Å². The van der Waals surface area contributed by atoms with Gasteiger partial charge >= 0.3 is 6.09 Å². The summed E-state index contributed by atoms with van der Waals surface area (Å²) in [6.45, 7) is 3.37. The molecule has 12 atom stereocenters. The van der Waals surface area contributed by atoms with Crippen molar-refractivity contribution in [3.05, 3.63) is 82.0 Å². The molecule has 2 aromatic rings. The molecule has 1 saturated heterocycles. The zero-order chi connectivity index (χ0) is 38.3. The van der Waals surface area contributed by atoms with Gasteiger partial charge in [-0.25, -0.2) is 4.79 Å². The number of aliphatic hydroxyl groups excluding tert-OH is 3. The van der Waals surface area contributed by atoms with E-state index in [-0.39, 0.29) is 44.9 Å². The van der Waals surface area contributed by atoms with Gasteiger partial charge in [-0.15, -0.1) is 4.91 Å². The van der Waals surface area contributed by atoms with Gasteiger partial charge in [0.15, 0.2) is 6.29 Å². The Balaban J connectivity index is 1.28. The topological polar surface area (TPSA) is 262 Å². The van der Waals surface area contributed by atoms with E-state index in [0.717, 1.165) is 11.1 Å². The van der Waals surface area contributed by atoms with Gasteiger partial charge in [0, 0.05) is 18.0 Å². The molecule has 17 heteroatoms. The van der Waals surface area contributed by atoms with Gasteiger partial charge in [-0.2, -0.15) is 0 Å². The second kappa shape index (κ2) is 18.2. The van der Waals surface area contributed by atoms with Crippen LogP contribution in [0.1, 0.15) is 36.5 Å². The largest absolute Gasteiger partial charge is 0.491 e. The number of nitroso groups, excluding NO2 is 1. The summed E-state index contributed by atoms with van der Waals surface area (Å²) < 4.78 is 29.2. The third-order valence-corrected chi connectivity index (χ3v) is 9.99. The summed E-state index contributed by atoms with van der Waals surface area (Å²) in [5, 5.41) is 56.0. The highest BCUT2D eigenvalue weighted by atomic mass is 16.7. The molecule has 53 heavy (non-hydrogen) atoms. The Morgan fingerprint density at radius 1 is 1.06 bits per heavy atom. The average Bonchev–Trinajstić information content (AvgIpc) is 3.13. The molecule has 17 nitrogen and oxygen atoms in total. The Hall–Kier alpha value is -3.59. The normalized spacial score (nSPS) is 33.6. The Kier molecular flexibility index (Phi) is 13.9. The van der Waals surface area contributed by atoms with Crippen LogP contribution >= 0.6 is 0 Å². The number of alkyl carbamates (subject to hydrolysis) is 1. The van der Waals surface area contributed by atoms with Crippen molar-refractivity contribution < 1.29 is 48.9 Å². The predicted octanol–water partition coefficient (Wildman–Crippen LogP) is 0.220. The Labute approximate surface area is 307 Å². The van der Waals surface area contributed by atoms with Crippen LogP contribution in [0.25, 0.3) is 0 Å². The highest BCUT2D eigenvalue weighted by Gasteiger charge is 2.53. The summed E-state index contributed by atoms with van der Waals surface area (Å²) in [7, 11) is 1.60. The van der Waals surface area contributed by atoms with Crippen LogP contribution < -0.4 is 27.4 Å². The number of hydrogen-bond acceptors (Lipinski definition) is 16. The van der Waals surface area contributed by atoms with Gasteiger partial charge in [0.05, 0.1) is 37.9 Å². The van der Waals surface area contributed by atoms with E-state index in [1.165, 1.54) is 19.1 Å². The van der Waals surface area contributed by atoms with Crippen molar-refractivity contribution in [1.29, 1.82) is 0 Å². The molecule has 292 valence electrons. The SMILES string of the molecule is CNC1C(O)C(OC2C(N)CC(N)C(C3OC(CNC(=O)OCc4ccc(N=O)cc4)=CCC3NC(O)OCc3ccc(C)cc3)C2O)OCC1(C)O. The molecule has 0 radical (unpaired) electrons. The van der Waals surface area contributed by atoms with Crippen molar-refractivity contribution in [1.82, 2.24) is 16.0 Å². The lowest BCUT2D eigenvalue weighted by molar-refractivity contribution is -0.296. The van der Waals surface area contributed by atoms with Crippen molar-refractivity contribution in [3.63, 3.8) is 0 Å². The minimum Gasteiger partial charge on any atom is -0.491 e. The van der Waals surface area contributed by atoms with Crippen LogP contribution in [0.4, 0.5) is 10.5 Å². The van der Waals surface area contributed by atoms with E-state index in [4.69, 9.17) is 35.2 Å². The van der Waals surface area contributed by atoms with E-state index < -0.39 is 78.9 Å². The number of nitrogens with two attached hydrogens (primary N) is 2. The number of likely N-dealkylation sites (N-methyl/N-ethyl adjacent to an activating group) is 1. The van der Waals surface area contributed by atoms with Crippen molar-refractivity contribution in [2.45, 2.75) is 107 Å². The number of rotatable bonds is 14. The molecule has 1 aliphatic carbocycles. The lowest BCUT2D eigenvalue weighted by Gasteiger charge is -2.50. The summed E-state index contributed by atoms with van der Waals surface area (Å²) in [6, 6.07) is 11.1. The number of amides is 1. The fourth-order valence-corrected chi connectivity index (χ4v) is 7.10. The lowest BCUT2D eigenvalue weighted by atomic mass is 9.72. The first kappa shape index (κ1) is 40.6. The molecule has 2 aromatic carbocycles. The average molecular weight is 745 g/mol. The molecule has 5 rings (SSSR count). The summed E-state index contributed by atoms with van der Waals surface area (Å²) >= 11 is 0. The first-order valence-corrected chi connectivity index (χ1v) is 17.6. The van der Waals surface area contributed by atoms with Gasteiger partial charge in [-0.05, 0) is 68.2 Å². The maximum absolute atomic E-state index is 12.6. The van der Waals surface area contributed by atoms with Crippen LogP contribution in [-0.2, 0) is 36.9 Å². The minimum atomic E-state index is -1.42. The van der Waals surface area contributed by atoms with Crippen LogP contribution in [-0.4, -0.2) is 114 Å². The van der Waals surface area contributed by atoms with Crippen LogP contribution in [0.2, 0.25) is 0 Å². The molecule has 1 amide bonds. The number of carbonyl (C=O) groups excluding carboxylic acids is 1. The molecule has 12 unspecified atom stereocenters. The van der Waals surface area contributed by atoms with Gasteiger partial charge in [0.2, 0.25) is 6.41 Å². The molecule has 2 heterocycles. The van der Waals surface area contributed by atoms with Crippen LogP contribution in [0, 0.1) is 17.7 Å². The highest BCUT2D eigenvalue weighted by Crippen LogP contribution is 2.36. The molecule has 1 saturated carbocycles. The fourth-order valence-electron chi connectivity index (χ4n) is 7.10. The number of aliphatic hydroxyl groups is 4. The van der Waals surface area contributed by atoms with E-state index in [1.54, 1.807) is 25.3 Å². The van der Waals surface area contributed by atoms with Crippen LogP contribution in [0.3, 0.4) is 0 Å². The summed E-state index contributed by atoms with van der Waals surface area (Å²) in [5.74, 6) is -0.469. The van der Waals surface area contributed by atoms with E-state index in [9.17, 15) is 30.1 Å². The number of hydrogen-bond donors (Lipinski definition) is 9. The molecule has 0 aromatic heterocycles. The molecule has 2 fully saturated rings. The number of nitrogens with one attached hydrogen (secondary N) is 3. The Morgan fingerprint density at radius 2 is 1.74 bits per heavy atom. The maximum Gasteiger partial charge on any atom is 0.407 e. The van der Waals surface area contributed by atoms with Crippen molar-refractivity contribution >= 4 is 11.8 Å². The summed E-state index contributed by atoms with van der Waals surface area (Å²) in [5.41, 5.74) is 14.6. The molecular weight excluding hydrogens is 692 g/mol. The number of nitrogens with zero attached hydrogens (tertiary/aromatic N) is 1. The zero-order valence-corrected chi connectivity index (χ0v) is 30.0. The standard InChI is InChI=1S/C36H52N6O11/c1-19-4-6-20(7-5-19)17-50-35(46)41-26-13-12-23(15-40-34(45)49-16-21-8-10-22(42-48)11-9-21)52-31(26)27-24(37)14-25(38)30(28(27)43)53-33-29(44)32(39-3)36(2,47)18-51-33/h4-12,24-33,35,39,41,43-44,46-47H,13-18,37-38H2,1-3H3,(H,40,45). The second-order valence-electron chi connectivity index (χ2n) is 14.1. The number of aryl methyl sites for hydroxylation is 1. The second-order valence-corrected chi connectivity index (χ2v) is 14.1. The molecule has 0 spiro atoms. The predicted molar refractivity (Wildman–Crippen MR) is 191 cm³/mol. The monoisotopic (exact) mass is 744 g/mol. The quantitative estimate of drug-likeness (QED) is 0.0926. The van der Waals surface area contributed by atoms with Crippen molar-refractivity contribution in [3.8, 4) is 0 Å². The minimum absolute atomic E-state index is 0.0449. The third kappa shape index (κ3) is 10.3. The smallest absolute Gasteiger partial charge is 0.407 e. The highest BCUT2D eigenvalue weighted by molar-refractivity contribution is 5.67. The molecule has 11 N–H and O–H groups in total. The van der Waals surface area contributed by atoms with Crippen LogP contribution in [0.15, 0.2) is 65.5 Å². The van der Waals surface area contributed by atoms with E-state index in [1.807, 2.05) is 31.2 Å². The number of carbonyl (C=O) groups is 1. The number of ether oxygens (including phenoxy) is 5. The van der Waals surface area contributed by atoms with Crippen molar-refractivity contribution in [2.24, 2.45) is 22.6 Å². The molecule has 0 bridgehead atoms. The van der Waals surface area contributed by atoms with Gasteiger partial charge in [0.25, 0.3) is 0 Å². The Morgan fingerprint density at radius 3 is 2.42 bits per heavy atom. The lowest BCUT2D eigenvalue weighted by Crippen LogP contribution is -2.69. The van der Waals surface area contributed by atoms with E-state index in [0.29, 0.717) is 11.3 Å². The van der Waals surface area contributed by atoms with Gasteiger partial charge in [-0.1, -0.05) is 42.0 Å². The molecular formula is C36H52N6O11. The molecule has 3 aliphatic rings. The van der Waals surface area contributed by atoms with Gasteiger partial charge in [-0.3, -0.25) is 5.32 Å². The maximum atomic E-state index is 12.6. The number of benzene rings is 2. The van der Waals surface area contributed by atoms with Gasteiger partial charge in [0.1, 0.15) is 42.0 Å².